The van der Waals surface area contributed by atoms with Crippen molar-refractivity contribution in [3.05, 3.63) is 64.7 Å². The number of rotatable bonds is 6. The van der Waals surface area contributed by atoms with Crippen molar-refractivity contribution in [2.75, 3.05) is 58.4 Å². The first-order valence-electron chi connectivity index (χ1n) is 12.5. The summed E-state index contributed by atoms with van der Waals surface area (Å²) < 4.78 is 11.2. The van der Waals surface area contributed by atoms with Crippen molar-refractivity contribution in [1.82, 2.24) is 9.80 Å². The summed E-state index contributed by atoms with van der Waals surface area (Å²) in [6, 6.07) is 12.6. The minimum atomic E-state index is -0.661. The normalized spacial score (nSPS) is 23.6. The summed E-state index contributed by atoms with van der Waals surface area (Å²) in [5.74, 6) is -0.585. The Morgan fingerprint density at radius 3 is 2.47 bits per heavy atom. The van der Waals surface area contributed by atoms with Gasteiger partial charge >= 0.3 is 0 Å². The fourth-order valence-electron chi connectivity index (χ4n) is 5.21. The van der Waals surface area contributed by atoms with Crippen molar-refractivity contribution < 1.29 is 24.2 Å². The number of ketones is 1. The van der Waals surface area contributed by atoms with Gasteiger partial charge in [0.25, 0.3) is 11.7 Å². The lowest BCUT2D eigenvalue weighted by Crippen LogP contribution is -2.42. The Bertz CT molecular complexity index is 1180. The summed E-state index contributed by atoms with van der Waals surface area (Å²) in [5.41, 5.74) is 3.44. The van der Waals surface area contributed by atoms with Gasteiger partial charge in [-0.25, -0.2) is 0 Å². The molecule has 0 saturated carbocycles. The summed E-state index contributed by atoms with van der Waals surface area (Å²) in [7, 11) is 3.92. The van der Waals surface area contributed by atoms with Gasteiger partial charge in [0.1, 0.15) is 17.6 Å². The van der Waals surface area contributed by atoms with Crippen LogP contribution in [0.3, 0.4) is 0 Å². The Balaban J connectivity index is 1.53. The number of likely N-dealkylation sites (tertiary alicyclic amines) is 1. The van der Waals surface area contributed by atoms with Gasteiger partial charge in [-0.3, -0.25) is 14.5 Å². The maximum absolute atomic E-state index is 13.4. The molecule has 0 unspecified atom stereocenters. The van der Waals surface area contributed by atoms with Crippen LogP contribution >= 0.6 is 0 Å². The van der Waals surface area contributed by atoms with Gasteiger partial charge in [-0.1, -0.05) is 12.1 Å². The summed E-state index contributed by atoms with van der Waals surface area (Å²) in [6.45, 7) is 5.93. The van der Waals surface area contributed by atoms with E-state index in [1.165, 1.54) is 0 Å². The fourth-order valence-corrected chi connectivity index (χ4v) is 5.21. The van der Waals surface area contributed by atoms with E-state index in [1.807, 2.05) is 62.3 Å². The van der Waals surface area contributed by atoms with E-state index in [9.17, 15) is 14.7 Å². The highest BCUT2D eigenvalue weighted by atomic mass is 16.5. The molecule has 0 bridgehead atoms. The molecule has 1 amide bonds. The SMILES string of the molecule is C[C@H]1Cc2cc(C(O)=C3C(=O)C(=O)N(CCN4CCOCC4)[C@@H]3c3ccc(N(C)C)cc3)ccc2O1. The predicted octanol–water partition coefficient (Wildman–Crippen LogP) is 2.83. The largest absolute Gasteiger partial charge is 0.507 e. The first-order valence-corrected chi connectivity index (χ1v) is 12.5. The second-order valence-electron chi connectivity index (χ2n) is 9.89. The van der Waals surface area contributed by atoms with Gasteiger partial charge in [0.2, 0.25) is 0 Å². The average Bonchev–Trinajstić information content (AvgIpc) is 3.38. The predicted molar refractivity (Wildman–Crippen MR) is 137 cm³/mol. The first-order chi connectivity index (χ1) is 17.3. The van der Waals surface area contributed by atoms with Crippen LogP contribution in [0.25, 0.3) is 5.76 Å². The number of nitrogens with zero attached hydrogens (tertiary/aromatic N) is 3. The number of amides is 1. The lowest BCUT2D eigenvalue weighted by molar-refractivity contribution is -0.140. The van der Waals surface area contributed by atoms with Crippen molar-refractivity contribution in [2.24, 2.45) is 0 Å². The van der Waals surface area contributed by atoms with Crippen LogP contribution in [-0.2, 0) is 20.7 Å². The smallest absolute Gasteiger partial charge is 0.295 e. The van der Waals surface area contributed by atoms with E-state index in [-0.39, 0.29) is 17.4 Å². The van der Waals surface area contributed by atoms with Gasteiger partial charge in [0, 0.05) is 57.9 Å². The van der Waals surface area contributed by atoms with Crippen LogP contribution in [0, 0.1) is 0 Å². The highest BCUT2D eigenvalue weighted by Gasteiger charge is 2.46. The Morgan fingerprint density at radius 2 is 1.78 bits per heavy atom. The molecule has 190 valence electrons. The van der Waals surface area contributed by atoms with Crippen molar-refractivity contribution in [2.45, 2.75) is 25.5 Å². The molecule has 0 radical (unpaired) electrons. The quantitative estimate of drug-likeness (QED) is 0.378. The van der Waals surface area contributed by atoms with Gasteiger partial charge in [0.05, 0.1) is 24.8 Å². The summed E-state index contributed by atoms with van der Waals surface area (Å²) in [5, 5.41) is 11.4. The van der Waals surface area contributed by atoms with Crippen LogP contribution in [0.2, 0.25) is 0 Å². The molecule has 8 heteroatoms. The van der Waals surface area contributed by atoms with E-state index in [0.29, 0.717) is 31.9 Å². The van der Waals surface area contributed by atoms with Crippen LogP contribution in [-0.4, -0.2) is 86.2 Å². The van der Waals surface area contributed by atoms with Crippen LogP contribution in [0.15, 0.2) is 48.0 Å². The number of benzene rings is 2. The second kappa shape index (κ2) is 9.95. The number of carbonyl (C=O) groups excluding carboxylic acids is 2. The molecule has 3 aliphatic heterocycles. The van der Waals surface area contributed by atoms with E-state index >= 15 is 0 Å². The lowest BCUT2D eigenvalue weighted by Gasteiger charge is -2.31. The molecule has 0 aromatic heterocycles. The van der Waals surface area contributed by atoms with Gasteiger partial charge in [-0.2, -0.15) is 0 Å². The zero-order chi connectivity index (χ0) is 25.4. The number of carbonyl (C=O) groups is 2. The number of aliphatic hydroxyl groups is 1. The second-order valence-corrected chi connectivity index (χ2v) is 9.89. The molecule has 1 N–H and O–H groups in total. The van der Waals surface area contributed by atoms with Crippen LogP contribution < -0.4 is 9.64 Å². The summed E-state index contributed by atoms with van der Waals surface area (Å²) in [6.07, 6.45) is 0.804. The molecule has 3 aliphatic rings. The lowest BCUT2D eigenvalue weighted by atomic mass is 9.94. The summed E-state index contributed by atoms with van der Waals surface area (Å²) >= 11 is 0. The molecule has 2 saturated heterocycles. The number of ether oxygens (including phenoxy) is 2. The van der Waals surface area contributed by atoms with Gasteiger partial charge in [-0.05, 0) is 48.4 Å². The number of hydrogen-bond donors (Lipinski definition) is 1. The van der Waals surface area contributed by atoms with Gasteiger partial charge in [0.15, 0.2) is 0 Å². The molecule has 2 atom stereocenters. The molecular formula is C28H33N3O5. The minimum absolute atomic E-state index is 0.0679. The monoisotopic (exact) mass is 491 g/mol. The third-order valence-electron chi connectivity index (χ3n) is 7.20. The highest BCUT2D eigenvalue weighted by molar-refractivity contribution is 6.46. The number of anilines is 1. The van der Waals surface area contributed by atoms with Crippen LogP contribution in [0.1, 0.15) is 29.7 Å². The van der Waals surface area contributed by atoms with Crippen molar-refractivity contribution >= 4 is 23.1 Å². The molecule has 2 aromatic rings. The Morgan fingerprint density at radius 1 is 1.06 bits per heavy atom. The van der Waals surface area contributed by atoms with E-state index < -0.39 is 17.7 Å². The average molecular weight is 492 g/mol. The van der Waals surface area contributed by atoms with E-state index in [4.69, 9.17) is 9.47 Å². The van der Waals surface area contributed by atoms with Crippen molar-refractivity contribution in [1.29, 1.82) is 0 Å². The minimum Gasteiger partial charge on any atom is -0.507 e. The number of hydrogen-bond acceptors (Lipinski definition) is 7. The Hall–Kier alpha value is -3.36. The zero-order valence-electron chi connectivity index (χ0n) is 21.1. The summed E-state index contributed by atoms with van der Waals surface area (Å²) in [4.78, 5) is 32.5. The highest BCUT2D eigenvalue weighted by Crippen LogP contribution is 2.41. The molecule has 3 heterocycles. The Kier molecular flexibility index (Phi) is 6.73. The number of Topliss-reactive ketones (excluding diaryl/α,β-unsaturated/α-hetero) is 1. The molecular weight excluding hydrogens is 458 g/mol. The molecule has 2 aromatic carbocycles. The maximum Gasteiger partial charge on any atom is 0.295 e. The molecule has 8 nitrogen and oxygen atoms in total. The zero-order valence-corrected chi connectivity index (χ0v) is 21.1. The topological polar surface area (TPSA) is 82.5 Å². The molecule has 2 fully saturated rings. The van der Waals surface area contributed by atoms with Gasteiger partial charge < -0.3 is 24.4 Å². The van der Waals surface area contributed by atoms with Crippen LogP contribution in [0.5, 0.6) is 5.75 Å². The van der Waals surface area contributed by atoms with Gasteiger partial charge in [-0.15, -0.1) is 0 Å². The molecule has 36 heavy (non-hydrogen) atoms. The van der Waals surface area contributed by atoms with Crippen LogP contribution in [0.4, 0.5) is 5.69 Å². The van der Waals surface area contributed by atoms with Crippen molar-refractivity contribution in [3.63, 3.8) is 0 Å². The maximum atomic E-state index is 13.4. The Labute approximate surface area is 211 Å². The third kappa shape index (κ3) is 4.58. The standard InChI is InChI=1S/C28H33N3O5/c1-18-16-21-17-20(6-9-23(21)36-18)26(32)24-25(19-4-7-22(8-5-19)29(2)3)31(28(34)27(24)33)11-10-30-12-14-35-15-13-30/h4-9,17-18,25,32H,10-16H2,1-3H3/t18-,25+/m0/s1. The third-order valence-corrected chi connectivity index (χ3v) is 7.20. The van der Waals surface area contributed by atoms with E-state index in [2.05, 4.69) is 4.90 Å². The fraction of sp³-hybridized carbons (Fsp3) is 0.429. The molecule has 0 aliphatic carbocycles. The molecule has 5 rings (SSSR count). The van der Waals surface area contributed by atoms with Crippen molar-refractivity contribution in [3.8, 4) is 5.75 Å². The first kappa shape index (κ1) is 24.3. The van der Waals surface area contributed by atoms with E-state index in [0.717, 1.165) is 42.1 Å². The number of fused-ring (bicyclic) bond motifs is 1. The molecule has 0 spiro atoms. The number of morpholine rings is 1. The van der Waals surface area contributed by atoms with E-state index in [1.54, 1.807) is 11.0 Å². The number of aliphatic hydroxyl groups excluding tert-OH is 1.